The molecule has 0 radical (unpaired) electrons. The molecule has 1 fully saturated rings. The number of hydrogen-bond donors (Lipinski definition) is 3. The van der Waals surface area contributed by atoms with E-state index in [1.165, 1.54) is 0 Å². The van der Waals surface area contributed by atoms with E-state index >= 15 is 0 Å². The van der Waals surface area contributed by atoms with E-state index in [1.54, 1.807) is 16.8 Å². The van der Waals surface area contributed by atoms with E-state index in [4.69, 9.17) is 5.10 Å². The van der Waals surface area contributed by atoms with E-state index in [9.17, 15) is 13.2 Å². The van der Waals surface area contributed by atoms with Crippen LogP contribution in [0.1, 0.15) is 75.4 Å². The third-order valence-corrected chi connectivity index (χ3v) is 9.76. The molecule has 1 aromatic heterocycles. The molecule has 1 saturated heterocycles. The Morgan fingerprint density at radius 2 is 1.70 bits per heavy atom. The summed E-state index contributed by atoms with van der Waals surface area (Å²) in [5.74, 6) is 0.853. The molecule has 2 heterocycles. The number of urea groups is 1. The SMILES string of the molecule is CCCCS(=O)(=O)C(c1ccc(NC(=O)Nc2cc(C(C)(C)C)nn2-c2ccc(C)cc2)cc1)C1CCNCC1. The monoisotopic (exact) mass is 565 g/mol. The van der Waals surface area contributed by atoms with E-state index in [-0.39, 0.29) is 17.1 Å². The first-order chi connectivity index (χ1) is 19.0. The zero-order valence-electron chi connectivity index (χ0n) is 24.3. The van der Waals surface area contributed by atoms with Crippen molar-refractivity contribution in [2.24, 2.45) is 5.92 Å². The number of nitrogens with one attached hydrogen (secondary N) is 3. The number of aromatic nitrogens is 2. The maximum absolute atomic E-state index is 13.4. The summed E-state index contributed by atoms with van der Waals surface area (Å²) in [6.45, 7) is 12.0. The predicted octanol–water partition coefficient (Wildman–Crippen LogP) is 6.38. The molecule has 2 aromatic carbocycles. The minimum Gasteiger partial charge on any atom is -0.317 e. The van der Waals surface area contributed by atoms with Gasteiger partial charge in [-0.15, -0.1) is 0 Å². The number of amides is 2. The summed E-state index contributed by atoms with van der Waals surface area (Å²) in [6, 6.07) is 16.7. The molecule has 0 spiro atoms. The third-order valence-electron chi connectivity index (χ3n) is 7.48. The van der Waals surface area contributed by atoms with Gasteiger partial charge in [0.15, 0.2) is 9.84 Å². The highest BCUT2D eigenvalue weighted by molar-refractivity contribution is 7.91. The molecule has 40 heavy (non-hydrogen) atoms. The molecule has 1 aliphatic rings. The van der Waals surface area contributed by atoms with Crippen LogP contribution in [0.15, 0.2) is 54.6 Å². The molecular formula is C31H43N5O3S. The van der Waals surface area contributed by atoms with Crippen LogP contribution in [-0.4, -0.2) is 43.1 Å². The summed E-state index contributed by atoms with van der Waals surface area (Å²) in [4.78, 5) is 13.1. The largest absolute Gasteiger partial charge is 0.324 e. The summed E-state index contributed by atoms with van der Waals surface area (Å²) >= 11 is 0. The summed E-state index contributed by atoms with van der Waals surface area (Å²) < 4.78 is 28.5. The van der Waals surface area contributed by atoms with Crippen LogP contribution in [-0.2, 0) is 15.3 Å². The molecule has 3 N–H and O–H groups in total. The fourth-order valence-corrected chi connectivity index (χ4v) is 7.52. The van der Waals surface area contributed by atoms with Gasteiger partial charge in [0.25, 0.3) is 0 Å². The van der Waals surface area contributed by atoms with Gasteiger partial charge >= 0.3 is 6.03 Å². The smallest absolute Gasteiger partial charge is 0.317 e. The Morgan fingerprint density at radius 1 is 1.05 bits per heavy atom. The van der Waals surface area contributed by atoms with Gasteiger partial charge in [-0.3, -0.25) is 5.32 Å². The number of carbonyl (C=O) groups is 1. The molecular weight excluding hydrogens is 522 g/mol. The number of nitrogens with zero attached hydrogens (tertiary/aromatic N) is 2. The molecule has 1 unspecified atom stereocenters. The standard InChI is InChI=1S/C31H43N5O3S/c1-6-7-20-40(38,39)29(24-16-18-32-19-17-24)23-10-12-25(13-11-23)33-30(37)34-28-21-27(31(3,4)5)35-36(28)26-14-8-22(2)9-15-26/h8-15,21,24,29,32H,6-7,16-20H2,1-5H3,(H2,33,34,37). The molecule has 4 rings (SSSR count). The van der Waals surface area contributed by atoms with Gasteiger partial charge in [0.2, 0.25) is 0 Å². The lowest BCUT2D eigenvalue weighted by atomic mass is 9.90. The first kappa shape index (κ1) is 29.8. The maximum Gasteiger partial charge on any atom is 0.324 e. The van der Waals surface area contributed by atoms with Crippen LogP contribution < -0.4 is 16.0 Å². The van der Waals surface area contributed by atoms with Crippen molar-refractivity contribution in [1.82, 2.24) is 15.1 Å². The lowest BCUT2D eigenvalue weighted by Crippen LogP contribution is -2.34. The second kappa shape index (κ2) is 12.6. The number of carbonyl (C=O) groups excluding carboxylic acids is 1. The molecule has 0 saturated carbocycles. The molecule has 8 nitrogen and oxygen atoms in total. The van der Waals surface area contributed by atoms with Crippen molar-refractivity contribution in [3.63, 3.8) is 0 Å². The molecule has 0 aliphatic carbocycles. The van der Waals surface area contributed by atoms with Crippen LogP contribution in [0.5, 0.6) is 0 Å². The van der Waals surface area contributed by atoms with Gasteiger partial charge in [0, 0.05) is 17.2 Å². The predicted molar refractivity (Wildman–Crippen MR) is 163 cm³/mol. The number of piperidine rings is 1. The molecule has 9 heteroatoms. The lowest BCUT2D eigenvalue weighted by molar-refractivity contribution is 0.262. The topological polar surface area (TPSA) is 105 Å². The van der Waals surface area contributed by atoms with Crippen LogP contribution in [0.25, 0.3) is 5.69 Å². The second-order valence-electron chi connectivity index (χ2n) is 11.8. The van der Waals surface area contributed by atoms with Crippen LogP contribution in [0, 0.1) is 12.8 Å². The fourth-order valence-electron chi connectivity index (χ4n) is 5.15. The van der Waals surface area contributed by atoms with Crippen LogP contribution in [0.3, 0.4) is 0 Å². The normalized spacial score (nSPS) is 15.5. The second-order valence-corrected chi connectivity index (χ2v) is 14.1. The summed E-state index contributed by atoms with van der Waals surface area (Å²) in [5, 5.41) is 13.4. The van der Waals surface area contributed by atoms with Gasteiger partial charge in [-0.05, 0) is 75.0 Å². The van der Waals surface area contributed by atoms with Crippen LogP contribution in [0.2, 0.25) is 0 Å². The zero-order valence-corrected chi connectivity index (χ0v) is 25.1. The van der Waals surface area contributed by atoms with Crippen molar-refractivity contribution in [1.29, 1.82) is 0 Å². The lowest BCUT2D eigenvalue weighted by Gasteiger charge is -2.31. The Morgan fingerprint density at radius 3 is 2.30 bits per heavy atom. The average Bonchev–Trinajstić information content (AvgIpc) is 3.34. The van der Waals surface area contributed by atoms with E-state index in [2.05, 4.69) is 36.7 Å². The minimum atomic E-state index is -3.29. The highest BCUT2D eigenvalue weighted by Gasteiger charge is 2.35. The first-order valence-corrected chi connectivity index (χ1v) is 16.0. The van der Waals surface area contributed by atoms with E-state index < -0.39 is 21.1 Å². The molecule has 0 bridgehead atoms. The summed E-state index contributed by atoms with van der Waals surface area (Å²) in [6.07, 6.45) is 3.18. The Kier molecular flexibility index (Phi) is 9.36. The van der Waals surface area contributed by atoms with Crippen LogP contribution >= 0.6 is 0 Å². The van der Waals surface area contributed by atoms with Gasteiger partial charge in [0.05, 0.1) is 22.4 Å². The van der Waals surface area contributed by atoms with Crippen molar-refractivity contribution < 1.29 is 13.2 Å². The first-order valence-electron chi connectivity index (χ1n) is 14.3. The number of unbranched alkanes of at least 4 members (excludes halogenated alkanes) is 1. The van der Waals surface area contributed by atoms with Gasteiger partial charge < -0.3 is 10.6 Å². The number of hydrogen-bond acceptors (Lipinski definition) is 5. The van der Waals surface area contributed by atoms with Crippen molar-refractivity contribution in [2.75, 3.05) is 29.5 Å². The van der Waals surface area contributed by atoms with Crippen LogP contribution in [0.4, 0.5) is 16.3 Å². The quantitative estimate of drug-likeness (QED) is 0.279. The molecule has 2 amide bonds. The fraction of sp³-hybridized carbons (Fsp3) is 0.484. The molecule has 1 atom stereocenters. The van der Waals surface area contributed by atoms with Gasteiger partial charge in [-0.2, -0.15) is 5.10 Å². The average molecular weight is 566 g/mol. The Balaban J connectivity index is 1.53. The highest BCUT2D eigenvalue weighted by Crippen LogP contribution is 2.37. The van der Waals surface area contributed by atoms with Crippen molar-refractivity contribution in [2.45, 2.75) is 71.0 Å². The van der Waals surface area contributed by atoms with Gasteiger partial charge in [-0.1, -0.05) is 63.9 Å². The van der Waals surface area contributed by atoms with E-state index in [0.717, 1.165) is 54.9 Å². The minimum absolute atomic E-state index is 0.0873. The number of aryl methyl sites for hydroxylation is 1. The van der Waals surface area contributed by atoms with E-state index in [1.807, 2.05) is 56.3 Å². The highest BCUT2D eigenvalue weighted by atomic mass is 32.2. The Hall–Kier alpha value is -3.17. The Labute approximate surface area is 238 Å². The Bertz CT molecular complexity index is 1380. The van der Waals surface area contributed by atoms with Gasteiger partial charge in [0.1, 0.15) is 5.82 Å². The van der Waals surface area contributed by atoms with Crippen molar-refractivity contribution >= 4 is 27.4 Å². The molecule has 3 aromatic rings. The van der Waals surface area contributed by atoms with Crippen molar-refractivity contribution in [3.05, 3.63) is 71.4 Å². The summed E-state index contributed by atoms with van der Waals surface area (Å²) in [5.41, 5.74) is 4.05. The number of benzene rings is 2. The molecule has 1 aliphatic heterocycles. The van der Waals surface area contributed by atoms with E-state index in [0.29, 0.717) is 17.9 Å². The zero-order chi connectivity index (χ0) is 28.9. The van der Waals surface area contributed by atoms with Gasteiger partial charge in [-0.25, -0.2) is 17.9 Å². The summed E-state index contributed by atoms with van der Waals surface area (Å²) in [7, 11) is -3.29. The number of sulfone groups is 1. The molecule has 216 valence electrons. The third kappa shape index (κ3) is 7.31. The number of rotatable bonds is 9. The number of anilines is 2. The maximum atomic E-state index is 13.4. The van der Waals surface area contributed by atoms with Crippen molar-refractivity contribution in [3.8, 4) is 5.69 Å².